The molecule has 48 heavy (non-hydrogen) atoms. The predicted octanol–water partition coefficient (Wildman–Crippen LogP) is 12.0. The van der Waals surface area contributed by atoms with Gasteiger partial charge in [-0.25, -0.2) is 0 Å². The molecule has 0 saturated carbocycles. The summed E-state index contributed by atoms with van der Waals surface area (Å²) in [4.78, 5) is 2.44. The second-order valence-corrected chi connectivity index (χ2v) is 13.2. The van der Waals surface area contributed by atoms with E-state index in [9.17, 15) is 0 Å². The number of anilines is 3. The van der Waals surface area contributed by atoms with Crippen molar-refractivity contribution in [2.75, 3.05) is 4.90 Å². The van der Waals surface area contributed by atoms with Gasteiger partial charge < -0.3 is 9.47 Å². The number of nitrogens with zero attached hydrogens (tertiary/aromatic N) is 2. The van der Waals surface area contributed by atoms with Crippen molar-refractivity contribution in [3.05, 3.63) is 186 Å². The van der Waals surface area contributed by atoms with Gasteiger partial charge in [0.25, 0.3) is 0 Å². The summed E-state index contributed by atoms with van der Waals surface area (Å²) in [5.74, 6) is 0. The predicted molar refractivity (Wildman–Crippen MR) is 201 cm³/mol. The topological polar surface area (TPSA) is 8.17 Å². The van der Waals surface area contributed by atoms with Crippen LogP contribution in [0.15, 0.2) is 164 Å². The van der Waals surface area contributed by atoms with Gasteiger partial charge in [-0.15, -0.1) is 0 Å². The number of aromatic nitrogens is 1. The molecule has 0 N–H and O–H groups in total. The summed E-state index contributed by atoms with van der Waals surface area (Å²) >= 11 is 0. The Morgan fingerprint density at radius 3 is 1.62 bits per heavy atom. The third-order valence-corrected chi connectivity index (χ3v) is 10.7. The Labute approximate surface area is 281 Å². The molecule has 10 rings (SSSR count). The van der Waals surface area contributed by atoms with Gasteiger partial charge in [-0.3, -0.25) is 0 Å². The molecule has 0 unspecified atom stereocenters. The standard InChI is InChI=1S/C46H34N2/c1-2-28-47-44-23-13-9-19-38(44)39-29-32(25-27-45(39)47)48(31-14-4-3-5-15-31)33-24-26-37-36-18-8-12-22-42(36)46(43(37)30-33)40-20-10-6-16-34(40)35-17-7-11-21-41(35)46/h3-27,29-30H,2,28H2,1H3. The lowest BCUT2D eigenvalue weighted by Crippen LogP contribution is -2.26. The highest BCUT2D eigenvalue weighted by Crippen LogP contribution is 2.63. The Kier molecular flexibility index (Phi) is 5.86. The third-order valence-electron chi connectivity index (χ3n) is 10.7. The van der Waals surface area contributed by atoms with Crippen LogP contribution in [0.3, 0.4) is 0 Å². The van der Waals surface area contributed by atoms with Crippen LogP contribution in [0, 0.1) is 0 Å². The van der Waals surface area contributed by atoms with E-state index < -0.39 is 0 Å². The molecular weight excluding hydrogens is 581 g/mol. The zero-order valence-electron chi connectivity index (χ0n) is 26.9. The number of hydrogen-bond donors (Lipinski definition) is 0. The smallest absolute Gasteiger partial charge is 0.0726 e. The van der Waals surface area contributed by atoms with Crippen molar-refractivity contribution in [3.8, 4) is 22.3 Å². The number of rotatable bonds is 5. The van der Waals surface area contributed by atoms with E-state index in [1.54, 1.807) is 0 Å². The maximum absolute atomic E-state index is 2.48. The quantitative estimate of drug-likeness (QED) is 0.187. The first-order chi connectivity index (χ1) is 23.8. The maximum atomic E-state index is 2.48. The summed E-state index contributed by atoms with van der Waals surface area (Å²) in [6, 6.07) is 61.0. The minimum atomic E-state index is -0.380. The van der Waals surface area contributed by atoms with Gasteiger partial charge in [0.1, 0.15) is 0 Å². The van der Waals surface area contributed by atoms with E-state index in [4.69, 9.17) is 0 Å². The molecule has 7 aromatic carbocycles. The van der Waals surface area contributed by atoms with Crippen LogP contribution < -0.4 is 4.90 Å². The van der Waals surface area contributed by atoms with Gasteiger partial charge in [-0.1, -0.05) is 122 Å². The molecule has 1 heterocycles. The van der Waals surface area contributed by atoms with E-state index in [2.05, 4.69) is 180 Å². The molecule has 228 valence electrons. The summed E-state index contributed by atoms with van der Waals surface area (Å²) in [6.45, 7) is 3.26. The van der Waals surface area contributed by atoms with Crippen molar-refractivity contribution in [2.45, 2.75) is 25.3 Å². The van der Waals surface area contributed by atoms with Crippen molar-refractivity contribution >= 4 is 38.9 Å². The number of fused-ring (bicyclic) bond motifs is 13. The molecule has 2 aliphatic rings. The zero-order chi connectivity index (χ0) is 31.8. The van der Waals surface area contributed by atoms with Crippen molar-refractivity contribution < 1.29 is 0 Å². The molecule has 0 bridgehead atoms. The molecule has 2 heteroatoms. The minimum Gasteiger partial charge on any atom is -0.340 e. The van der Waals surface area contributed by atoms with Crippen molar-refractivity contribution in [3.63, 3.8) is 0 Å². The summed E-state index contributed by atoms with van der Waals surface area (Å²) < 4.78 is 2.48. The fraction of sp³-hybridized carbons (Fsp3) is 0.0870. The molecule has 2 nitrogen and oxygen atoms in total. The van der Waals surface area contributed by atoms with E-state index in [1.165, 1.54) is 66.3 Å². The van der Waals surface area contributed by atoms with E-state index in [0.717, 1.165) is 30.0 Å². The van der Waals surface area contributed by atoms with Gasteiger partial charge in [-0.05, 0) is 99.5 Å². The molecule has 1 spiro atoms. The van der Waals surface area contributed by atoms with Gasteiger partial charge >= 0.3 is 0 Å². The Balaban J connectivity index is 1.25. The molecule has 0 aliphatic heterocycles. The van der Waals surface area contributed by atoms with Gasteiger partial charge in [0.05, 0.1) is 5.41 Å². The van der Waals surface area contributed by atoms with E-state index >= 15 is 0 Å². The van der Waals surface area contributed by atoms with Crippen LogP contribution >= 0.6 is 0 Å². The summed E-state index contributed by atoms with van der Waals surface area (Å²) in [6.07, 6.45) is 1.09. The average molecular weight is 615 g/mol. The average Bonchev–Trinajstić information content (AvgIpc) is 3.74. The number of para-hydroxylation sites is 2. The van der Waals surface area contributed by atoms with Gasteiger partial charge in [0.15, 0.2) is 0 Å². The highest BCUT2D eigenvalue weighted by Gasteiger charge is 2.51. The van der Waals surface area contributed by atoms with Crippen molar-refractivity contribution in [1.29, 1.82) is 0 Å². The molecule has 0 atom stereocenters. The second-order valence-electron chi connectivity index (χ2n) is 13.2. The fourth-order valence-electron chi connectivity index (χ4n) is 8.89. The summed E-state index contributed by atoms with van der Waals surface area (Å²) in [7, 11) is 0. The SMILES string of the molecule is CCCn1c2ccccc2c2cc(N(c3ccccc3)c3ccc4c(c3)C3(c5ccccc5-c5ccccc53)c3ccccc3-4)ccc21. The van der Waals surface area contributed by atoms with Crippen LogP contribution in [-0.4, -0.2) is 4.57 Å². The highest BCUT2D eigenvalue weighted by atomic mass is 15.1. The molecule has 0 fully saturated rings. The van der Waals surface area contributed by atoms with Gasteiger partial charge in [-0.2, -0.15) is 0 Å². The van der Waals surface area contributed by atoms with Crippen molar-refractivity contribution in [2.24, 2.45) is 0 Å². The molecule has 8 aromatic rings. The Hall–Kier alpha value is -5.86. The van der Waals surface area contributed by atoms with Crippen LogP contribution in [-0.2, 0) is 12.0 Å². The molecule has 0 saturated heterocycles. The summed E-state index contributed by atoms with van der Waals surface area (Å²) in [5, 5.41) is 2.60. The van der Waals surface area contributed by atoms with E-state index in [0.29, 0.717) is 0 Å². The molecule has 0 amide bonds. The number of aryl methyl sites for hydroxylation is 1. The lowest BCUT2D eigenvalue weighted by molar-refractivity contribution is 0.724. The Bertz CT molecular complexity index is 2470. The minimum absolute atomic E-state index is 0.380. The Morgan fingerprint density at radius 1 is 0.438 bits per heavy atom. The highest BCUT2D eigenvalue weighted by molar-refractivity contribution is 6.09. The fourth-order valence-corrected chi connectivity index (χ4v) is 8.89. The van der Waals surface area contributed by atoms with Crippen LogP contribution in [0.2, 0.25) is 0 Å². The molecule has 2 aliphatic carbocycles. The molecule has 0 radical (unpaired) electrons. The largest absolute Gasteiger partial charge is 0.340 e. The van der Waals surface area contributed by atoms with Crippen LogP contribution in [0.5, 0.6) is 0 Å². The van der Waals surface area contributed by atoms with E-state index in [1.807, 2.05) is 0 Å². The first-order valence-electron chi connectivity index (χ1n) is 17.1. The maximum Gasteiger partial charge on any atom is 0.0726 e. The van der Waals surface area contributed by atoms with Crippen LogP contribution in [0.4, 0.5) is 17.1 Å². The first kappa shape index (κ1) is 27.3. The molecular formula is C46H34N2. The normalized spacial score (nSPS) is 13.4. The lowest BCUT2D eigenvalue weighted by Gasteiger charge is -2.32. The van der Waals surface area contributed by atoms with Gasteiger partial charge in [0, 0.05) is 45.4 Å². The first-order valence-corrected chi connectivity index (χ1v) is 17.1. The van der Waals surface area contributed by atoms with E-state index in [-0.39, 0.29) is 5.41 Å². The summed E-state index contributed by atoms with van der Waals surface area (Å²) in [5.41, 5.74) is 16.4. The Morgan fingerprint density at radius 2 is 0.958 bits per heavy atom. The van der Waals surface area contributed by atoms with Crippen molar-refractivity contribution in [1.82, 2.24) is 4.57 Å². The number of benzene rings is 7. The number of hydrogen-bond acceptors (Lipinski definition) is 1. The van der Waals surface area contributed by atoms with Crippen LogP contribution in [0.25, 0.3) is 44.1 Å². The third kappa shape index (κ3) is 3.58. The molecule has 1 aromatic heterocycles. The van der Waals surface area contributed by atoms with Crippen LogP contribution in [0.1, 0.15) is 35.6 Å². The zero-order valence-corrected chi connectivity index (χ0v) is 26.9. The lowest BCUT2D eigenvalue weighted by atomic mass is 9.70. The second kappa shape index (κ2) is 10.3. The monoisotopic (exact) mass is 614 g/mol. The van der Waals surface area contributed by atoms with Gasteiger partial charge in [0.2, 0.25) is 0 Å².